The van der Waals surface area contributed by atoms with Crippen LogP contribution in [0, 0.1) is 5.82 Å². The van der Waals surface area contributed by atoms with Crippen LogP contribution in [-0.4, -0.2) is 83.3 Å². The highest BCUT2D eigenvalue weighted by molar-refractivity contribution is 5.99. The number of aliphatic hydroxyl groups excluding tert-OH is 1. The van der Waals surface area contributed by atoms with Gasteiger partial charge in [-0.2, -0.15) is 0 Å². The van der Waals surface area contributed by atoms with Crippen LogP contribution in [0.5, 0.6) is 5.75 Å². The number of rotatable bonds is 5. The first-order valence-electron chi connectivity index (χ1n) is 10.2. The van der Waals surface area contributed by atoms with Crippen molar-refractivity contribution in [1.29, 1.82) is 0 Å². The monoisotopic (exact) mass is 451 g/mol. The molecule has 2 atom stereocenters. The van der Waals surface area contributed by atoms with Crippen molar-refractivity contribution in [3.63, 3.8) is 0 Å². The van der Waals surface area contributed by atoms with Gasteiger partial charge in [-0.1, -0.05) is 11.6 Å². The summed E-state index contributed by atoms with van der Waals surface area (Å²) in [6.07, 6.45) is 2.80. The van der Waals surface area contributed by atoms with Crippen LogP contribution < -0.4 is 9.64 Å². The van der Waals surface area contributed by atoms with Crippen LogP contribution in [0.4, 0.5) is 10.2 Å². The summed E-state index contributed by atoms with van der Waals surface area (Å²) in [5, 5.41) is 31.3. The number of nitrogens with zero attached hydrogens (tertiary/aromatic N) is 3. The zero-order valence-corrected chi connectivity index (χ0v) is 17.6. The summed E-state index contributed by atoms with van der Waals surface area (Å²) in [4.78, 5) is 24.4. The Balaban J connectivity index is 0.000000913. The van der Waals surface area contributed by atoms with Crippen molar-refractivity contribution >= 4 is 18.3 Å². The number of carbonyl (C=O) groups is 2. The molecule has 32 heavy (non-hydrogen) atoms. The summed E-state index contributed by atoms with van der Waals surface area (Å²) < 4.78 is 24.1. The molecule has 2 fully saturated rings. The Hall–Kier alpha value is -3.18. The van der Waals surface area contributed by atoms with Gasteiger partial charge >= 0.3 is 5.97 Å². The lowest BCUT2D eigenvalue weighted by atomic mass is 10.1. The molecule has 0 bridgehead atoms. The van der Waals surface area contributed by atoms with Gasteiger partial charge in [0.1, 0.15) is 0 Å². The van der Waals surface area contributed by atoms with Crippen LogP contribution in [0.3, 0.4) is 0 Å². The third-order valence-electron chi connectivity index (χ3n) is 5.72. The van der Waals surface area contributed by atoms with Crippen molar-refractivity contribution in [2.45, 2.75) is 31.4 Å². The molecule has 11 heteroatoms. The standard InChI is InChI=1S/C20H24FN3O5.CH2O2/c1-28-16-9-12(5-6-13(16)21)18-17(20(26)27)19(22-29-18)24-10-14(15(25)11-24)23-7-3-2-4-8-23;2-1-3/h5-6,9,14-15,25H,2-4,7-8,10-11H2,1H3,(H,26,27);1H,(H,2,3)/t14-,15-;/m0./s1. The summed E-state index contributed by atoms with van der Waals surface area (Å²) in [5.41, 5.74) is 0.247. The van der Waals surface area contributed by atoms with E-state index in [2.05, 4.69) is 10.1 Å². The van der Waals surface area contributed by atoms with E-state index >= 15 is 0 Å². The molecule has 3 N–H and O–H groups in total. The van der Waals surface area contributed by atoms with Gasteiger partial charge in [-0.15, -0.1) is 0 Å². The SMILES string of the molecule is COc1cc(-c2onc(N3C[C@H](O)[C@@H](N4CCCCC4)C3)c2C(=O)O)ccc1F.O=CO. The molecule has 2 aliphatic heterocycles. The minimum atomic E-state index is -1.20. The zero-order chi connectivity index (χ0) is 23.3. The number of carboxylic acid groups (broad SMARTS) is 2. The van der Waals surface area contributed by atoms with Crippen molar-refractivity contribution in [2.75, 3.05) is 38.2 Å². The van der Waals surface area contributed by atoms with Crippen LogP contribution in [-0.2, 0) is 4.79 Å². The molecule has 4 rings (SSSR count). The van der Waals surface area contributed by atoms with E-state index < -0.39 is 17.9 Å². The summed E-state index contributed by atoms with van der Waals surface area (Å²) in [6, 6.07) is 3.92. The molecule has 0 unspecified atom stereocenters. The summed E-state index contributed by atoms with van der Waals surface area (Å²) >= 11 is 0. The number of likely N-dealkylation sites (tertiary alicyclic amines) is 1. The highest BCUT2D eigenvalue weighted by Crippen LogP contribution is 2.35. The Morgan fingerprint density at radius 1 is 1.28 bits per heavy atom. The van der Waals surface area contributed by atoms with Crippen molar-refractivity contribution in [2.24, 2.45) is 0 Å². The third kappa shape index (κ3) is 4.83. The van der Waals surface area contributed by atoms with E-state index in [0.29, 0.717) is 12.1 Å². The van der Waals surface area contributed by atoms with E-state index in [4.69, 9.17) is 19.2 Å². The number of benzene rings is 1. The Kier molecular flexibility index (Phi) is 7.65. The van der Waals surface area contributed by atoms with Crippen LogP contribution in [0.2, 0.25) is 0 Å². The van der Waals surface area contributed by atoms with E-state index in [1.807, 2.05) is 0 Å². The molecule has 0 saturated carbocycles. The molecule has 1 aromatic heterocycles. The maximum absolute atomic E-state index is 13.7. The number of hydrogen-bond acceptors (Lipinski definition) is 8. The topological polar surface area (TPSA) is 137 Å². The molecular weight excluding hydrogens is 425 g/mol. The van der Waals surface area contributed by atoms with E-state index in [1.165, 1.54) is 31.7 Å². The predicted molar refractivity (Wildman–Crippen MR) is 112 cm³/mol. The van der Waals surface area contributed by atoms with Gasteiger partial charge in [0.2, 0.25) is 0 Å². The number of piperidine rings is 1. The Morgan fingerprint density at radius 2 is 1.97 bits per heavy atom. The lowest BCUT2D eigenvalue weighted by Crippen LogP contribution is -2.45. The lowest BCUT2D eigenvalue weighted by Gasteiger charge is -2.33. The molecule has 2 aromatic rings. The number of aromatic carboxylic acids is 1. The predicted octanol–water partition coefficient (Wildman–Crippen LogP) is 1.92. The van der Waals surface area contributed by atoms with Crippen molar-refractivity contribution in [3.05, 3.63) is 29.6 Å². The largest absolute Gasteiger partial charge is 0.494 e. The number of anilines is 1. The van der Waals surface area contributed by atoms with Crippen LogP contribution in [0.1, 0.15) is 29.6 Å². The minimum absolute atomic E-state index is 0.0152. The van der Waals surface area contributed by atoms with Crippen molar-refractivity contribution in [1.82, 2.24) is 10.1 Å². The van der Waals surface area contributed by atoms with E-state index in [1.54, 1.807) is 4.90 Å². The molecule has 10 nitrogen and oxygen atoms in total. The van der Waals surface area contributed by atoms with Gasteiger partial charge in [-0.05, 0) is 44.1 Å². The van der Waals surface area contributed by atoms with E-state index in [-0.39, 0.29) is 41.9 Å². The van der Waals surface area contributed by atoms with Gasteiger partial charge in [-0.25, -0.2) is 9.18 Å². The van der Waals surface area contributed by atoms with E-state index in [0.717, 1.165) is 25.9 Å². The molecule has 0 radical (unpaired) electrons. The quantitative estimate of drug-likeness (QED) is 0.578. The number of carboxylic acids is 1. The molecule has 0 spiro atoms. The van der Waals surface area contributed by atoms with Gasteiger partial charge < -0.3 is 29.5 Å². The molecule has 2 aliphatic rings. The van der Waals surface area contributed by atoms with E-state index in [9.17, 15) is 19.4 Å². The molecule has 2 saturated heterocycles. The van der Waals surface area contributed by atoms with Crippen LogP contribution in [0.25, 0.3) is 11.3 Å². The third-order valence-corrected chi connectivity index (χ3v) is 5.72. The van der Waals surface area contributed by atoms with Crippen LogP contribution >= 0.6 is 0 Å². The molecule has 0 amide bonds. The van der Waals surface area contributed by atoms with Gasteiger partial charge in [0.05, 0.1) is 19.3 Å². The average molecular weight is 451 g/mol. The second-order valence-electron chi connectivity index (χ2n) is 7.61. The fourth-order valence-electron chi connectivity index (χ4n) is 4.24. The van der Waals surface area contributed by atoms with Gasteiger partial charge in [0.15, 0.2) is 28.7 Å². The normalized spacial score (nSPS) is 21.0. The number of ether oxygens (including phenoxy) is 1. The first-order chi connectivity index (χ1) is 15.4. The van der Waals surface area contributed by atoms with Gasteiger partial charge in [0, 0.05) is 18.7 Å². The molecule has 0 aliphatic carbocycles. The van der Waals surface area contributed by atoms with Crippen LogP contribution in [0.15, 0.2) is 22.7 Å². The molecular formula is C21H26FN3O7. The smallest absolute Gasteiger partial charge is 0.343 e. The van der Waals surface area contributed by atoms with Gasteiger partial charge in [-0.3, -0.25) is 9.69 Å². The maximum atomic E-state index is 13.7. The summed E-state index contributed by atoms with van der Waals surface area (Å²) in [6.45, 7) is 2.36. The van der Waals surface area contributed by atoms with Crippen molar-refractivity contribution < 1.29 is 38.6 Å². The second kappa shape index (κ2) is 10.4. The first-order valence-corrected chi connectivity index (χ1v) is 10.2. The average Bonchev–Trinajstić information content (AvgIpc) is 3.39. The zero-order valence-electron chi connectivity index (χ0n) is 17.6. The Labute approximate surface area is 183 Å². The Bertz CT molecular complexity index is 945. The fraction of sp³-hybridized carbons (Fsp3) is 0.476. The summed E-state index contributed by atoms with van der Waals surface area (Å²) in [5.74, 6) is -1.56. The van der Waals surface area contributed by atoms with Gasteiger partial charge in [0.25, 0.3) is 6.47 Å². The summed E-state index contributed by atoms with van der Waals surface area (Å²) in [7, 11) is 1.33. The first kappa shape index (κ1) is 23.5. The highest BCUT2D eigenvalue weighted by Gasteiger charge is 2.39. The Morgan fingerprint density at radius 3 is 2.59 bits per heavy atom. The number of methoxy groups -OCH3 is 1. The number of aromatic nitrogens is 1. The lowest BCUT2D eigenvalue weighted by molar-refractivity contribution is -0.122. The number of halogens is 1. The highest BCUT2D eigenvalue weighted by atomic mass is 19.1. The maximum Gasteiger partial charge on any atom is 0.343 e. The molecule has 1 aromatic carbocycles. The number of hydrogen-bond donors (Lipinski definition) is 3. The molecule has 174 valence electrons. The molecule has 3 heterocycles. The minimum Gasteiger partial charge on any atom is -0.494 e. The number of aliphatic hydroxyl groups is 1. The van der Waals surface area contributed by atoms with Crippen molar-refractivity contribution in [3.8, 4) is 17.1 Å². The second-order valence-corrected chi connectivity index (χ2v) is 7.61. The number of β-amino-alcohol motifs (C(OH)–C–C–N with tert-alkyl or cyclic N) is 1. The fourth-order valence-corrected chi connectivity index (χ4v) is 4.24.